The van der Waals surface area contributed by atoms with Crippen LogP contribution in [0.2, 0.25) is 0 Å². The van der Waals surface area contributed by atoms with Crippen molar-refractivity contribution in [2.75, 3.05) is 13.1 Å². The molecule has 2 atom stereocenters. The average Bonchev–Trinajstić information content (AvgIpc) is 2.89. The number of fused-ring (bicyclic) bond motifs is 1. The van der Waals surface area contributed by atoms with Crippen molar-refractivity contribution < 1.29 is 13.9 Å². The highest BCUT2D eigenvalue weighted by Crippen LogP contribution is 2.52. The molecular formula is C21H23BrF2N2OS. The largest absolute Gasteiger partial charge is 0.369 e. The van der Waals surface area contributed by atoms with Gasteiger partial charge in [0.25, 0.3) is 0 Å². The summed E-state index contributed by atoms with van der Waals surface area (Å²) in [6.45, 7) is 5.63. The maximum atomic E-state index is 13.4. The van der Waals surface area contributed by atoms with Gasteiger partial charge in [-0.25, -0.2) is 8.78 Å². The Labute approximate surface area is 178 Å². The number of hydrogen-bond donors (Lipinski definition) is 1. The lowest BCUT2D eigenvalue weighted by molar-refractivity contribution is -0.0781. The molecule has 2 aromatic carbocycles. The van der Waals surface area contributed by atoms with Crippen molar-refractivity contribution in [2.24, 2.45) is 10.4 Å². The Morgan fingerprint density at radius 2 is 1.64 bits per heavy atom. The van der Waals surface area contributed by atoms with Crippen LogP contribution in [-0.4, -0.2) is 34.0 Å². The Morgan fingerprint density at radius 3 is 2.25 bits per heavy atom. The molecule has 2 aromatic rings. The molecule has 1 fully saturated rings. The molecule has 0 aromatic heterocycles. The van der Waals surface area contributed by atoms with E-state index < -0.39 is 5.72 Å². The number of halogens is 3. The fourth-order valence-electron chi connectivity index (χ4n) is 3.72. The molecular weight excluding hydrogens is 446 g/mol. The quantitative estimate of drug-likeness (QED) is 0.691. The lowest BCUT2D eigenvalue weighted by atomic mass is 9.87. The number of thioether (sulfide) groups is 1. The van der Waals surface area contributed by atoms with Crippen molar-refractivity contribution in [3.05, 3.63) is 71.3 Å². The van der Waals surface area contributed by atoms with E-state index in [0.29, 0.717) is 19.5 Å². The minimum absolute atomic E-state index is 0. The topological polar surface area (TPSA) is 35.8 Å². The third kappa shape index (κ3) is 3.98. The summed E-state index contributed by atoms with van der Waals surface area (Å²) in [7, 11) is 0. The molecule has 1 saturated heterocycles. The van der Waals surface area contributed by atoms with E-state index in [2.05, 4.69) is 13.8 Å². The van der Waals surface area contributed by atoms with Crippen LogP contribution in [0.5, 0.6) is 0 Å². The van der Waals surface area contributed by atoms with Crippen molar-refractivity contribution in [1.82, 2.24) is 4.90 Å². The maximum absolute atomic E-state index is 13.4. The Kier molecular flexibility index (Phi) is 5.90. The van der Waals surface area contributed by atoms with Crippen LogP contribution in [-0.2, 0) is 6.42 Å². The first-order valence-corrected chi connectivity index (χ1v) is 9.86. The van der Waals surface area contributed by atoms with Crippen LogP contribution >= 0.6 is 28.7 Å². The molecule has 2 heterocycles. The Balaban J connectivity index is 0.00000225. The van der Waals surface area contributed by atoms with Crippen molar-refractivity contribution in [2.45, 2.75) is 31.2 Å². The molecule has 0 aliphatic carbocycles. The SMILES string of the molecule is Br.CC1(C)CN=C2SC(c3ccc(F)cc3)C(O)(Cc3ccc(F)cc3)N2C1. The molecule has 0 radical (unpaired) electrons. The van der Waals surface area contributed by atoms with Gasteiger partial charge in [-0.1, -0.05) is 49.9 Å². The smallest absolute Gasteiger partial charge is 0.162 e. The van der Waals surface area contributed by atoms with Crippen LogP contribution in [0.25, 0.3) is 0 Å². The van der Waals surface area contributed by atoms with Gasteiger partial charge in [0.15, 0.2) is 10.9 Å². The number of rotatable bonds is 3. The first-order chi connectivity index (χ1) is 12.8. The first-order valence-electron chi connectivity index (χ1n) is 8.98. The number of hydrogen-bond acceptors (Lipinski definition) is 4. The van der Waals surface area contributed by atoms with Crippen LogP contribution < -0.4 is 0 Å². The average molecular weight is 469 g/mol. The van der Waals surface area contributed by atoms with Gasteiger partial charge in [0.05, 0.1) is 5.25 Å². The predicted molar refractivity (Wildman–Crippen MR) is 115 cm³/mol. The van der Waals surface area contributed by atoms with Gasteiger partial charge in [0, 0.05) is 24.9 Å². The summed E-state index contributed by atoms with van der Waals surface area (Å²) >= 11 is 1.51. The lowest BCUT2D eigenvalue weighted by Crippen LogP contribution is -2.55. The van der Waals surface area contributed by atoms with Gasteiger partial charge in [-0.15, -0.1) is 17.0 Å². The molecule has 150 valence electrons. The summed E-state index contributed by atoms with van der Waals surface area (Å²) in [5, 5.41) is 12.4. The van der Waals surface area contributed by atoms with Gasteiger partial charge < -0.3 is 10.0 Å². The highest BCUT2D eigenvalue weighted by atomic mass is 79.9. The molecule has 7 heteroatoms. The van der Waals surface area contributed by atoms with Crippen LogP contribution in [0.4, 0.5) is 8.78 Å². The van der Waals surface area contributed by atoms with Crippen molar-refractivity contribution in [1.29, 1.82) is 0 Å². The molecule has 2 aliphatic rings. The second-order valence-corrected chi connectivity index (χ2v) is 9.15. The van der Waals surface area contributed by atoms with Gasteiger partial charge in [-0.05, 0) is 35.4 Å². The fourth-order valence-corrected chi connectivity index (χ4v) is 5.11. The number of aliphatic hydroxyl groups is 1. The van der Waals surface area contributed by atoms with Crippen LogP contribution in [0.3, 0.4) is 0 Å². The second kappa shape index (κ2) is 7.76. The second-order valence-electron chi connectivity index (χ2n) is 8.08. The third-order valence-corrected chi connectivity index (χ3v) is 6.57. The zero-order valence-electron chi connectivity index (χ0n) is 15.7. The number of benzene rings is 2. The summed E-state index contributed by atoms with van der Waals surface area (Å²) in [6, 6.07) is 12.5. The van der Waals surface area contributed by atoms with Gasteiger partial charge >= 0.3 is 0 Å². The molecule has 0 spiro atoms. The Morgan fingerprint density at radius 1 is 1.07 bits per heavy atom. The highest BCUT2D eigenvalue weighted by molar-refractivity contribution is 8.93. The standard InChI is InChI=1S/C21H22F2N2OS.BrH/c1-20(2)12-24-19-25(13-20)21(26,11-14-3-7-16(22)8-4-14)18(27-19)15-5-9-17(23)10-6-15;/h3-10,18,26H,11-13H2,1-2H3;1H. The molecule has 1 N–H and O–H groups in total. The fraction of sp³-hybridized carbons (Fsp3) is 0.381. The summed E-state index contributed by atoms with van der Waals surface area (Å²) in [5.41, 5.74) is 0.409. The molecule has 0 bridgehead atoms. The van der Waals surface area contributed by atoms with Crippen molar-refractivity contribution in [3.63, 3.8) is 0 Å². The summed E-state index contributed by atoms with van der Waals surface area (Å²) < 4.78 is 26.7. The highest BCUT2D eigenvalue weighted by Gasteiger charge is 2.54. The van der Waals surface area contributed by atoms with Crippen LogP contribution in [0, 0.1) is 17.0 Å². The van der Waals surface area contributed by atoms with E-state index >= 15 is 0 Å². The molecule has 28 heavy (non-hydrogen) atoms. The molecule has 2 unspecified atom stereocenters. The Bertz CT molecular complexity index is 873. The summed E-state index contributed by atoms with van der Waals surface area (Å²) in [5.74, 6) is -0.608. The minimum atomic E-state index is -1.23. The van der Waals surface area contributed by atoms with E-state index in [4.69, 9.17) is 4.99 Å². The molecule has 0 saturated carbocycles. The lowest BCUT2D eigenvalue weighted by Gasteiger charge is -2.43. The predicted octanol–water partition coefficient (Wildman–Crippen LogP) is 4.96. The zero-order valence-corrected chi connectivity index (χ0v) is 18.3. The zero-order chi connectivity index (χ0) is 19.2. The van der Waals surface area contributed by atoms with Crippen molar-refractivity contribution in [3.8, 4) is 0 Å². The van der Waals surface area contributed by atoms with E-state index in [9.17, 15) is 13.9 Å². The van der Waals surface area contributed by atoms with Crippen LogP contribution in [0.1, 0.15) is 30.2 Å². The van der Waals surface area contributed by atoms with Gasteiger partial charge in [0.1, 0.15) is 11.6 Å². The van der Waals surface area contributed by atoms with E-state index in [0.717, 1.165) is 16.3 Å². The number of aliphatic imine (C=N–C) groups is 1. The van der Waals surface area contributed by atoms with E-state index in [1.54, 1.807) is 24.3 Å². The van der Waals surface area contributed by atoms with E-state index in [-0.39, 0.29) is 39.3 Å². The van der Waals surface area contributed by atoms with Gasteiger partial charge in [0.2, 0.25) is 0 Å². The third-order valence-electron chi connectivity index (χ3n) is 5.12. The summed E-state index contributed by atoms with van der Waals surface area (Å²) in [4.78, 5) is 6.67. The monoisotopic (exact) mass is 468 g/mol. The Hall–Kier alpha value is -1.44. The first kappa shape index (κ1) is 21.3. The molecule has 3 nitrogen and oxygen atoms in total. The summed E-state index contributed by atoms with van der Waals surface area (Å²) in [6.07, 6.45) is 0.331. The molecule has 4 rings (SSSR count). The molecule has 0 amide bonds. The van der Waals surface area contributed by atoms with Gasteiger partial charge in [-0.2, -0.15) is 0 Å². The number of nitrogens with zero attached hydrogens (tertiary/aromatic N) is 2. The normalized spacial score (nSPS) is 25.7. The number of amidine groups is 1. The minimum Gasteiger partial charge on any atom is -0.369 e. The van der Waals surface area contributed by atoms with Crippen LogP contribution in [0.15, 0.2) is 53.5 Å². The van der Waals surface area contributed by atoms with Gasteiger partial charge in [-0.3, -0.25) is 4.99 Å². The maximum Gasteiger partial charge on any atom is 0.162 e. The van der Waals surface area contributed by atoms with E-state index in [1.807, 2.05) is 4.90 Å². The molecule has 2 aliphatic heterocycles. The van der Waals surface area contributed by atoms with E-state index in [1.165, 1.54) is 36.0 Å². The van der Waals surface area contributed by atoms with Crippen molar-refractivity contribution >= 4 is 33.9 Å².